The van der Waals surface area contributed by atoms with E-state index in [2.05, 4.69) is 9.97 Å². The number of aromatic nitrogens is 2. The number of nitrogens with zero attached hydrogens (tertiary/aromatic N) is 2. The Morgan fingerprint density at radius 3 is 2.54 bits per heavy atom. The molecular formula is C20H18F2N2OS. The summed E-state index contributed by atoms with van der Waals surface area (Å²) in [6.45, 7) is 4.03. The molecular weight excluding hydrogens is 354 g/mol. The van der Waals surface area contributed by atoms with Crippen molar-refractivity contribution in [3.8, 4) is 11.6 Å². The van der Waals surface area contributed by atoms with Crippen LogP contribution >= 0.6 is 11.8 Å². The second-order valence-electron chi connectivity index (χ2n) is 6.01. The topological polar surface area (TPSA) is 35.0 Å². The molecule has 0 spiro atoms. The van der Waals surface area contributed by atoms with Gasteiger partial charge in [0.1, 0.15) is 17.4 Å². The lowest BCUT2D eigenvalue weighted by molar-refractivity contribution is 0.448. The normalized spacial score (nSPS) is 11.0. The van der Waals surface area contributed by atoms with Gasteiger partial charge in [-0.15, -0.1) is 0 Å². The molecule has 2 aromatic carbocycles. The minimum Gasteiger partial charge on any atom is -0.439 e. The Hall–Kier alpha value is -2.47. The Balaban J connectivity index is 1.83. The van der Waals surface area contributed by atoms with E-state index >= 15 is 0 Å². The standard InChI is InChI=1S/C20H18F2N2OS/c1-13(2)18-11-19(25-16-8-5-7-15(21)10-16)24-20(23-18)26-12-14-6-3-4-9-17(14)22/h3-11,13H,12H2,1-2H3. The van der Waals surface area contributed by atoms with Crippen molar-refractivity contribution in [1.29, 1.82) is 0 Å². The first-order chi connectivity index (χ1) is 12.5. The van der Waals surface area contributed by atoms with Gasteiger partial charge < -0.3 is 4.74 Å². The smallest absolute Gasteiger partial charge is 0.223 e. The van der Waals surface area contributed by atoms with E-state index in [1.54, 1.807) is 36.4 Å². The summed E-state index contributed by atoms with van der Waals surface area (Å²) in [4.78, 5) is 8.88. The van der Waals surface area contributed by atoms with Crippen molar-refractivity contribution >= 4 is 11.8 Å². The molecule has 6 heteroatoms. The number of thioether (sulfide) groups is 1. The second kappa shape index (κ2) is 8.27. The lowest BCUT2D eigenvalue weighted by atomic mass is 10.1. The molecule has 1 heterocycles. The molecule has 26 heavy (non-hydrogen) atoms. The SMILES string of the molecule is CC(C)c1cc(Oc2cccc(F)c2)nc(SCc2ccccc2F)n1. The van der Waals surface area contributed by atoms with Crippen LogP contribution < -0.4 is 4.74 Å². The lowest BCUT2D eigenvalue weighted by Crippen LogP contribution is -2.00. The number of hydrogen-bond acceptors (Lipinski definition) is 4. The highest BCUT2D eigenvalue weighted by Gasteiger charge is 2.11. The fraction of sp³-hybridized carbons (Fsp3) is 0.200. The number of ether oxygens (including phenoxy) is 1. The molecule has 0 aliphatic heterocycles. The predicted octanol–water partition coefficient (Wildman–Crippen LogP) is 5.96. The summed E-state index contributed by atoms with van der Waals surface area (Å²) in [5.74, 6) is 0.647. The van der Waals surface area contributed by atoms with Gasteiger partial charge in [-0.2, -0.15) is 4.98 Å². The first-order valence-electron chi connectivity index (χ1n) is 8.20. The number of halogens is 2. The van der Waals surface area contributed by atoms with Gasteiger partial charge in [-0.3, -0.25) is 0 Å². The monoisotopic (exact) mass is 372 g/mol. The zero-order valence-corrected chi connectivity index (χ0v) is 15.3. The fourth-order valence-electron chi connectivity index (χ4n) is 2.24. The first kappa shape index (κ1) is 18.3. The van der Waals surface area contributed by atoms with Gasteiger partial charge in [-0.05, 0) is 29.7 Å². The molecule has 3 aromatic rings. The molecule has 0 radical (unpaired) electrons. The van der Waals surface area contributed by atoms with Crippen molar-refractivity contribution in [2.45, 2.75) is 30.7 Å². The van der Waals surface area contributed by atoms with Crippen LogP contribution in [0, 0.1) is 11.6 Å². The summed E-state index contributed by atoms with van der Waals surface area (Å²) in [6, 6.07) is 14.2. The van der Waals surface area contributed by atoms with Gasteiger partial charge in [0.05, 0.1) is 5.69 Å². The Morgan fingerprint density at radius 2 is 1.81 bits per heavy atom. The maximum Gasteiger partial charge on any atom is 0.223 e. The van der Waals surface area contributed by atoms with E-state index in [1.807, 2.05) is 13.8 Å². The van der Waals surface area contributed by atoms with Crippen molar-refractivity contribution in [1.82, 2.24) is 9.97 Å². The van der Waals surface area contributed by atoms with Gasteiger partial charge in [0.25, 0.3) is 0 Å². The minimum atomic E-state index is -0.380. The molecule has 134 valence electrons. The van der Waals surface area contributed by atoms with Crippen LogP contribution in [0.5, 0.6) is 11.6 Å². The molecule has 1 aromatic heterocycles. The molecule has 0 N–H and O–H groups in total. The quantitative estimate of drug-likeness (QED) is 0.395. The first-order valence-corrected chi connectivity index (χ1v) is 9.18. The molecule has 0 unspecified atom stereocenters. The third-order valence-corrected chi connectivity index (χ3v) is 4.52. The van der Waals surface area contributed by atoms with E-state index in [0.29, 0.717) is 28.1 Å². The third-order valence-electron chi connectivity index (χ3n) is 3.63. The van der Waals surface area contributed by atoms with Crippen molar-refractivity contribution in [3.05, 3.63) is 77.5 Å². The summed E-state index contributed by atoms with van der Waals surface area (Å²) in [7, 11) is 0. The summed E-state index contributed by atoms with van der Waals surface area (Å²) in [5, 5.41) is 0.492. The molecule has 0 amide bonds. The Bertz CT molecular complexity index is 902. The van der Waals surface area contributed by atoms with E-state index in [1.165, 1.54) is 30.0 Å². The lowest BCUT2D eigenvalue weighted by Gasteiger charge is -2.11. The van der Waals surface area contributed by atoms with E-state index in [0.717, 1.165) is 5.69 Å². The Labute approximate surface area is 155 Å². The molecule has 3 rings (SSSR count). The van der Waals surface area contributed by atoms with Gasteiger partial charge >= 0.3 is 0 Å². The van der Waals surface area contributed by atoms with Crippen LogP contribution in [-0.2, 0) is 5.75 Å². The van der Waals surface area contributed by atoms with Crippen LogP contribution in [0.1, 0.15) is 31.0 Å². The second-order valence-corrected chi connectivity index (χ2v) is 6.95. The molecule has 0 bridgehead atoms. The zero-order valence-electron chi connectivity index (χ0n) is 14.4. The third kappa shape index (κ3) is 4.79. The van der Waals surface area contributed by atoms with Crippen LogP contribution in [0.2, 0.25) is 0 Å². The van der Waals surface area contributed by atoms with Gasteiger partial charge in [-0.25, -0.2) is 13.8 Å². The molecule has 0 atom stereocenters. The zero-order chi connectivity index (χ0) is 18.5. The van der Waals surface area contributed by atoms with E-state index in [4.69, 9.17) is 4.74 Å². The molecule has 0 fully saturated rings. The number of hydrogen-bond donors (Lipinski definition) is 0. The van der Waals surface area contributed by atoms with Crippen LogP contribution in [0.25, 0.3) is 0 Å². The fourth-order valence-corrected chi connectivity index (χ4v) is 3.09. The van der Waals surface area contributed by atoms with Crippen molar-refractivity contribution < 1.29 is 13.5 Å². The van der Waals surface area contributed by atoms with Gasteiger partial charge in [0, 0.05) is 17.9 Å². The number of benzene rings is 2. The highest BCUT2D eigenvalue weighted by atomic mass is 32.2. The largest absolute Gasteiger partial charge is 0.439 e. The van der Waals surface area contributed by atoms with Crippen molar-refractivity contribution in [3.63, 3.8) is 0 Å². The molecule has 3 nitrogen and oxygen atoms in total. The highest BCUT2D eigenvalue weighted by Crippen LogP contribution is 2.28. The molecule has 0 saturated heterocycles. The minimum absolute atomic E-state index is 0.167. The van der Waals surface area contributed by atoms with Crippen LogP contribution in [-0.4, -0.2) is 9.97 Å². The Morgan fingerprint density at radius 1 is 1.00 bits per heavy atom. The highest BCUT2D eigenvalue weighted by molar-refractivity contribution is 7.98. The summed E-state index contributed by atoms with van der Waals surface area (Å²) in [5.41, 5.74) is 1.39. The van der Waals surface area contributed by atoms with E-state index < -0.39 is 0 Å². The van der Waals surface area contributed by atoms with Gasteiger partial charge in [0.15, 0.2) is 5.16 Å². The average Bonchev–Trinajstić information content (AvgIpc) is 2.61. The van der Waals surface area contributed by atoms with E-state index in [-0.39, 0.29) is 17.6 Å². The summed E-state index contributed by atoms with van der Waals surface area (Å²) in [6.07, 6.45) is 0. The maximum absolute atomic E-state index is 13.8. The van der Waals surface area contributed by atoms with Crippen LogP contribution in [0.4, 0.5) is 8.78 Å². The predicted molar refractivity (Wildman–Crippen MR) is 98.6 cm³/mol. The van der Waals surface area contributed by atoms with Gasteiger partial charge in [-0.1, -0.05) is 49.9 Å². The maximum atomic E-state index is 13.8. The Kier molecular flexibility index (Phi) is 5.83. The molecule has 0 saturated carbocycles. The van der Waals surface area contributed by atoms with E-state index in [9.17, 15) is 8.78 Å². The van der Waals surface area contributed by atoms with Crippen LogP contribution in [0.15, 0.2) is 59.8 Å². The van der Waals surface area contributed by atoms with Crippen LogP contribution in [0.3, 0.4) is 0 Å². The van der Waals surface area contributed by atoms with Crippen molar-refractivity contribution in [2.24, 2.45) is 0 Å². The summed E-state index contributed by atoms with van der Waals surface area (Å²) >= 11 is 1.33. The number of rotatable bonds is 6. The van der Waals surface area contributed by atoms with Crippen molar-refractivity contribution in [2.75, 3.05) is 0 Å². The molecule has 0 aliphatic carbocycles. The molecule has 0 aliphatic rings. The van der Waals surface area contributed by atoms with Gasteiger partial charge in [0.2, 0.25) is 5.88 Å². The summed E-state index contributed by atoms with van der Waals surface area (Å²) < 4.78 is 32.8. The average molecular weight is 372 g/mol.